The van der Waals surface area contributed by atoms with E-state index in [0.29, 0.717) is 6.61 Å². The van der Waals surface area contributed by atoms with E-state index in [2.05, 4.69) is 5.32 Å². The molecule has 1 aromatic carbocycles. The number of rotatable bonds is 5. The second-order valence-corrected chi connectivity index (χ2v) is 4.33. The molecule has 0 aliphatic heterocycles. The van der Waals surface area contributed by atoms with Crippen LogP contribution in [-0.2, 0) is 4.79 Å². The van der Waals surface area contributed by atoms with Crippen LogP contribution < -0.4 is 15.8 Å². The fourth-order valence-electron chi connectivity index (χ4n) is 1.34. The number of hydrogen-bond acceptors (Lipinski definition) is 3. The van der Waals surface area contributed by atoms with Crippen molar-refractivity contribution >= 4 is 5.91 Å². The third-order valence-corrected chi connectivity index (χ3v) is 2.29. The molecule has 0 bridgehead atoms. The Bertz CT molecular complexity index is 377. The van der Waals surface area contributed by atoms with E-state index in [1.165, 1.54) is 0 Å². The van der Waals surface area contributed by atoms with Crippen LogP contribution in [0.15, 0.2) is 24.3 Å². The predicted molar refractivity (Wildman–Crippen MR) is 67.9 cm³/mol. The van der Waals surface area contributed by atoms with Gasteiger partial charge in [-0.15, -0.1) is 0 Å². The zero-order chi connectivity index (χ0) is 12.8. The average Bonchev–Trinajstić information content (AvgIpc) is 2.26. The molecule has 94 valence electrons. The molecule has 1 rings (SSSR count). The molecule has 0 saturated carbocycles. The number of ether oxygens (including phenoxy) is 1. The van der Waals surface area contributed by atoms with Crippen LogP contribution >= 0.6 is 0 Å². The Labute approximate surface area is 102 Å². The first kappa shape index (κ1) is 13.5. The zero-order valence-corrected chi connectivity index (χ0v) is 10.6. The number of nitrogens with one attached hydrogen (secondary N) is 1. The normalized spacial score (nSPS) is 13.9. The number of carbonyl (C=O) groups excluding carboxylic acids is 1. The van der Waals surface area contributed by atoms with Crippen LogP contribution in [-0.4, -0.2) is 24.6 Å². The first-order chi connectivity index (χ1) is 7.99. The lowest BCUT2D eigenvalue weighted by molar-refractivity contribution is -0.122. The Morgan fingerprint density at radius 3 is 2.76 bits per heavy atom. The maximum absolute atomic E-state index is 11.3. The quantitative estimate of drug-likeness (QED) is 0.808. The van der Waals surface area contributed by atoms with Crippen molar-refractivity contribution in [1.29, 1.82) is 0 Å². The smallest absolute Gasteiger partial charge is 0.236 e. The van der Waals surface area contributed by atoms with Crippen LogP contribution in [0.5, 0.6) is 5.75 Å². The van der Waals surface area contributed by atoms with Crippen LogP contribution in [0.3, 0.4) is 0 Å². The Morgan fingerprint density at radius 2 is 2.18 bits per heavy atom. The van der Waals surface area contributed by atoms with Gasteiger partial charge in [0.25, 0.3) is 0 Å². The summed E-state index contributed by atoms with van der Waals surface area (Å²) in [5, 5.41) is 2.78. The van der Waals surface area contributed by atoms with Crippen molar-refractivity contribution in [2.45, 2.75) is 32.9 Å². The Hall–Kier alpha value is -1.55. The number of hydrogen-bond donors (Lipinski definition) is 2. The summed E-state index contributed by atoms with van der Waals surface area (Å²) in [4.78, 5) is 11.3. The predicted octanol–water partition coefficient (Wildman–Crippen LogP) is 1.23. The molecule has 0 heterocycles. The third kappa shape index (κ3) is 4.87. The summed E-state index contributed by atoms with van der Waals surface area (Å²) in [6, 6.07) is 7.25. The van der Waals surface area contributed by atoms with Gasteiger partial charge in [0.1, 0.15) is 12.4 Å². The van der Waals surface area contributed by atoms with Gasteiger partial charge in [0.05, 0.1) is 12.1 Å². The van der Waals surface area contributed by atoms with E-state index in [9.17, 15) is 4.79 Å². The molecule has 4 heteroatoms. The molecule has 2 atom stereocenters. The molecule has 0 aromatic heterocycles. The minimum Gasteiger partial charge on any atom is -0.491 e. The second kappa shape index (κ2) is 6.25. The lowest BCUT2D eigenvalue weighted by atomic mass is 10.2. The summed E-state index contributed by atoms with van der Waals surface area (Å²) in [7, 11) is 0. The molecule has 0 saturated heterocycles. The summed E-state index contributed by atoms with van der Waals surface area (Å²) in [6.45, 7) is 5.98. The first-order valence-electron chi connectivity index (χ1n) is 5.74. The van der Waals surface area contributed by atoms with E-state index in [4.69, 9.17) is 10.5 Å². The largest absolute Gasteiger partial charge is 0.491 e. The molecule has 1 unspecified atom stereocenters. The van der Waals surface area contributed by atoms with Gasteiger partial charge in [0.2, 0.25) is 5.91 Å². The highest BCUT2D eigenvalue weighted by molar-refractivity contribution is 5.81. The van der Waals surface area contributed by atoms with Gasteiger partial charge in [-0.05, 0) is 38.5 Å². The van der Waals surface area contributed by atoms with Crippen LogP contribution in [0, 0.1) is 6.92 Å². The molecule has 1 aromatic rings. The molecule has 0 fully saturated rings. The maximum Gasteiger partial charge on any atom is 0.236 e. The first-order valence-corrected chi connectivity index (χ1v) is 5.74. The fraction of sp³-hybridized carbons (Fsp3) is 0.462. The third-order valence-electron chi connectivity index (χ3n) is 2.29. The summed E-state index contributed by atoms with van der Waals surface area (Å²) in [5.41, 5.74) is 6.61. The number of benzene rings is 1. The van der Waals surface area contributed by atoms with Crippen molar-refractivity contribution in [2.24, 2.45) is 5.73 Å². The van der Waals surface area contributed by atoms with Crippen molar-refractivity contribution in [3.8, 4) is 5.75 Å². The van der Waals surface area contributed by atoms with Crippen molar-refractivity contribution in [2.75, 3.05) is 6.61 Å². The van der Waals surface area contributed by atoms with Crippen LogP contribution in [0.2, 0.25) is 0 Å². The van der Waals surface area contributed by atoms with Crippen LogP contribution in [0.25, 0.3) is 0 Å². The molecule has 4 nitrogen and oxygen atoms in total. The Kier molecular flexibility index (Phi) is 4.97. The van der Waals surface area contributed by atoms with Crippen LogP contribution in [0.1, 0.15) is 19.4 Å². The summed E-state index contributed by atoms with van der Waals surface area (Å²) in [6.07, 6.45) is 0. The lowest BCUT2D eigenvalue weighted by Gasteiger charge is -2.16. The number of amides is 1. The van der Waals surface area contributed by atoms with E-state index in [0.717, 1.165) is 11.3 Å². The monoisotopic (exact) mass is 236 g/mol. The van der Waals surface area contributed by atoms with Gasteiger partial charge in [-0.2, -0.15) is 0 Å². The van der Waals surface area contributed by atoms with Crippen LogP contribution in [0.4, 0.5) is 0 Å². The molecule has 0 radical (unpaired) electrons. The molecule has 1 amide bonds. The van der Waals surface area contributed by atoms with Gasteiger partial charge in [-0.3, -0.25) is 4.79 Å². The number of aryl methyl sites for hydroxylation is 1. The van der Waals surface area contributed by atoms with Crippen molar-refractivity contribution in [1.82, 2.24) is 5.32 Å². The van der Waals surface area contributed by atoms with E-state index in [1.807, 2.05) is 38.1 Å². The topological polar surface area (TPSA) is 64.3 Å². The molecular formula is C13H20N2O2. The number of nitrogens with two attached hydrogens (primary N) is 1. The standard InChI is InChI=1S/C13H20N2O2/c1-9-5-4-6-12(7-9)17-8-10(2)15-13(16)11(3)14/h4-7,10-11H,8,14H2,1-3H3,(H,15,16)/t10?,11-/m1/s1. The molecule has 0 aliphatic rings. The zero-order valence-electron chi connectivity index (χ0n) is 10.6. The van der Waals surface area contributed by atoms with Gasteiger partial charge in [0, 0.05) is 0 Å². The lowest BCUT2D eigenvalue weighted by Crippen LogP contribution is -2.44. The molecule has 3 N–H and O–H groups in total. The minimum absolute atomic E-state index is 0.0611. The maximum atomic E-state index is 11.3. The second-order valence-electron chi connectivity index (χ2n) is 4.33. The van der Waals surface area contributed by atoms with E-state index < -0.39 is 6.04 Å². The molecular weight excluding hydrogens is 216 g/mol. The molecule has 0 aliphatic carbocycles. The highest BCUT2D eigenvalue weighted by atomic mass is 16.5. The summed E-state index contributed by atoms with van der Waals surface area (Å²) < 4.78 is 5.57. The van der Waals surface area contributed by atoms with Gasteiger partial charge in [-0.25, -0.2) is 0 Å². The van der Waals surface area contributed by atoms with Crippen molar-refractivity contribution in [3.63, 3.8) is 0 Å². The molecule has 0 spiro atoms. The minimum atomic E-state index is -0.489. The van der Waals surface area contributed by atoms with Crippen molar-refractivity contribution in [3.05, 3.63) is 29.8 Å². The van der Waals surface area contributed by atoms with E-state index >= 15 is 0 Å². The Balaban J connectivity index is 2.38. The van der Waals surface area contributed by atoms with Gasteiger partial charge in [-0.1, -0.05) is 12.1 Å². The number of carbonyl (C=O) groups is 1. The Morgan fingerprint density at radius 1 is 1.47 bits per heavy atom. The van der Waals surface area contributed by atoms with Gasteiger partial charge >= 0.3 is 0 Å². The summed E-state index contributed by atoms with van der Waals surface area (Å²) >= 11 is 0. The van der Waals surface area contributed by atoms with E-state index in [1.54, 1.807) is 6.92 Å². The van der Waals surface area contributed by atoms with Gasteiger partial charge in [0.15, 0.2) is 0 Å². The molecule has 17 heavy (non-hydrogen) atoms. The fourth-order valence-corrected chi connectivity index (χ4v) is 1.34. The SMILES string of the molecule is Cc1cccc(OCC(C)NC(=O)[C@@H](C)N)c1. The van der Waals surface area contributed by atoms with Gasteiger partial charge < -0.3 is 15.8 Å². The highest BCUT2D eigenvalue weighted by Crippen LogP contribution is 2.12. The average molecular weight is 236 g/mol. The highest BCUT2D eigenvalue weighted by Gasteiger charge is 2.11. The van der Waals surface area contributed by atoms with Crippen molar-refractivity contribution < 1.29 is 9.53 Å². The summed E-state index contributed by atoms with van der Waals surface area (Å²) in [5.74, 6) is 0.650. The van der Waals surface area contributed by atoms with E-state index in [-0.39, 0.29) is 11.9 Å².